The average molecular weight is 361 g/mol. The summed E-state index contributed by atoms with van der Waals surface area (Å²) in [5.41, 5.74) is 0. The molecule has 2 rings (SSSR count). The van der Waals surface area contributed by atoms with E-state index in [0.29, 0.717) is 0 Å². The van der Waals surface area contributed by atoms with E-state index in [4.69, 9.17) is 0 Å². The van der Waals surface area contributed by atoms with Crippen molar-refractivity contribution in [1.29, 1.82) is 0 Å². The third-order valence-electron chi connectivity index (χ3n) is 4.93. The Morgan fingerprint density at radius 3 is 1.67 bits per heavy atom. The van der Waals surface area contributed by atoms with Crippen molar-refractivity contribution in [1.82, 2.24) is 2.45 Å². The van der Waals surface area contributed by atoms with Crippen LogP contribution in [0.1, 0.15) is 40.5 Å². The van der Waals surface area contributed by atoms with E-state index in [1.165, 1.54) is 0 Å². The SMILES string of the molecule is CCC(CC)C(=O)[NH][Y]([C]1(C)C=CC=C1)[C]1(C)C=CC=C1. The molecule has 0 spiro atoms. The van der Waals surface area contributed by atoms with Crippen LogP contribution < -0.4 is 2.45 Å². The molecule has 1 N–H and O–H groups in total. The number of allylic oxidation sites excluding steroid dienone is 8. The van der Waals surface area contributed by atoms with Crippen LogP contribution in [-0.4, -0.2) is 5.91 Å². The normalized spacial score (nSPS) is 20.4. The first-order valence-electron chi connectivity index (χ1n) is 7.99. The Bertz CT molecular complexity index is 453. The number of carbonyl (C=O) groups is 1. The molecule has 2 aliphatic rings. The summed E-state index contributed by atoms with van der Waals surface area (Å²) < 4.78 is 3.68. The van der Waals surface area contributed by atoms with Crippen LogP contribution in [0.25, 0.3) is 0 Å². The molecule has 2 aliphatic carbocycles. The number of hydrogen-bond acceptors (Lipinski definition) is 1. The van der Waals surface area contributed by atoms with E-state index < -0.39 is 27.8 Å². The zero-order chi connectivity index (χ0) is 15.5. The van der Waals surface area contributed by atoms with Gasteiger partial charge in [0.1, 0.15) is 0 Å². The molecular weight excluding hydrogens is 335 g/mol. The quantitative estimate of drug-likeness (QED) is 0.731. The number of carbonyl (C=O) groups excluding carboxylic acids is 1. The van der Waals surface area contributed by atoms with Gasteiger partial charge in [0.15, 0.2) is 0 Å². The van der Waals surface area contributed by atoms with Crippen molar-refractivity contribution in [2.24, 2.45) is 5.92 Å². The van der Waals surface area contributed by atoms with Crippen molar-refractivity contribution in [2.45, 2.75) is 45.0 Å². The molecule has 21 heavy (non-hydrogen) atoms. The first-order valence-corrected chi connectivity index (χ1v) is 12.3. The first-order chi connectivity index (χ1) is 9.95. The molecule has 3 heteroatoms. The molecule has 0 aromatic carbocycles. The fourth-order valence-electron chi connectivity index (χ4n) is 3.45. The van der Waals surface area contributed by atoms with Gasteiger partial charge in [0.05, 0.1) is 0 Å². The molecule has 0 aromatic rings. The van der Waals surface area contributed by atoms with E-state index in [1.807, 2.05) is 0 Å². The standard InChI is InChI=1S/C6H13NO.2C6H7.Y/c1-3-5(4-2)6(7)8;2*1-6-4-2-3-5-6;/h5H,3-4H2,1-2H3,(H2,7,8);2*2-5H,1H3;/q;;;+1/p-1. The van der Waals surface area contributed by atoms with Gasteiger partial charge in [-0.15, -0.1) is 0 Å². The van der Waals surface area contributed by atoms with E-state index in [2.05, 4.69) is 78.8 Å². The van der Waals surface area contributed by atoms with Crippen molar-refractivity contribution in [2.75, 3.05) is 0 Å². The van der Waals surface area contributed by atoms with Crippen LogP contribution >= 0.6 is 0 Å². The second kappa shape index (κ2) is 6.75. The summed E-state index contributed by atoms with van der Waals surface area (Å²) in [5.74, 6) is 0.422. The Balaban J connectivity index is 2.27. The van der Waals surface area contributed by atoms with Gasteiger partial charge < -0.3 is 0 Å². The molecule has 0 atom stereocenters. The summed E-state index contributed by atoms with van der Waals surface area (Å²) in [4.78, 5) is 12.7. The topological polar surface area (TPSA) is 29.1 Å². The third-order valence-corrected chi connectivity index (χ3v) is 14.3. The number of nitrogens with one attached hydrogen (secondary N) is 1. The van der Waals surface area contributed by atoms with Crippen LogP contribution in [0, 0.1) is 5.92 Å². The summed E-state index contributed by atoms with van der Waals surface area (Å²) in [6, 6.07) is 0. The average Bonchev–Trinajstić information content (AvgIpc) is 3.08. The molecule has 0 bridgehead atoms. The molecule has 0 aliphatic heterocycles. The summed E-state index contributed by atoms with van der Waals surface area (Å²) >= 11 is -2.52. The molecule has 0 heterocycles. The van der Waals surface area contributed by atoms with Crippen molar-refractivity contribution < 1.29 is 32.6 Å². The Morgan fingerprint density at radius 1 is 0.952 bits per heavy atom. The van der Waals surface area contributed by atoms with Crippen molar-refractivity contribution in [3.63, 3.8) is 0 Å². The minimum absolute atomic E-state index is 0.0666. The molecule has 0 unspecified atom stereocenters. The predicted molar refractivity (Wildman–Crippen MR) is 85.5 cm³/mol. The number of amides is 1. The molecule has 0 saturated carbocycles. The number of hydrogen-bond donors (Lipinski definition) is 1. The second-order valence-electron chi connectivity index (χ2n) is 6.62. The van der Waals surface area contributed by atoms with Crippen LogP contribution in [0.15, 0.2) is 48.6 Å². The van der Waals surface area contributed by atoms with E-state index in [1.54, 1.807) is 0 Å². The van der Waals surface area contributed by atoms with Crippen molar-refractivity contribution >= 4 is 5.91 Å². The Hall–Kier alpha value is -0.466. The molecule has 0 fully saturated rings. The van der Waals surface area contributed by atoms with Gasteiger partial charge in [0.25, 0.3) is 0 Å². The van der Waals surface area contributed by atoms with Crippen LogP contribution in [0.3, 0.4) is 0 Å². The zero-order valence-corrected chi connectivity index (χ0v) is 16.4. The summed E-state index contributed by atoms with van der Waals surface area (Å²) in [5, 5.41) is 0. The Labute approximate surface area is 139 Å². The summed E-state index contributed by atoms with van der Waals surface area (Å²) in [6.07, 6.45) is 19.5. The fraction of sp³-hybridized carbons (Fsp3) is 0.500. The molecule has 1 amide bonds. The molecule has 0 aromatic heterocycles. The summed E-state index contributed by atoms with van der Waals surface area (Å²) in [6.45, 7) is 8.78. The first kappa shape index (κ1) is 16.9. The van der Waals surface area contributed by atoms with Crippen molar-refractivity contribution in [3.05, 3.63) is 48.6 Å². The van der Waals surface area contributed by atoms with Gasteiger partial charge in [0, 0.05) is 0 Å². The van der Waals surface area contributed by atoms with Gasteiger partial charge in [-0.2, -0.15) is 0 Å². The van der Waals surface area contributed by atoms with Gasteiger partial charge >= 0.3 is 140 Å². The maximum atomic E-state index is 12.7. The van der Waals surface area contributed by atoms with Gasteiger partial charge in [-0.3, -0.25) is 0 Å². The third kappa shape index (κ3) is 3.48. The second-order valence-corrected chi connectivity index (χ2v) is 15.6. The van der Waals surface area contributed by atoms with E-state index >= 15 is 0 Å². The van der Waals surface area contributed by atoms with Crippen LogP contribution in [-0.2, 0) is 32.6 Å². The molecule has 0 saturated heterocycles. The maximum absolute atomic E-state index is 12.7. The van der Waals surface area contributed by atoms with Gasteiger partial charge in [-0.05, 0) is 0 Å². The monoisotopic (exact) mass is 361 g/mol. The zero-order valence-electron chi connectivity index (χ0n) is 13.6. The molecule has 112 valence electrons. The van der Waals surface area contributed by atoms with E-state index in [9.17, 15) is 4.79 Å². The van der Waals surface area contributed by atoms with E-state index in [0.717, 1.165) is 12.8 Å². The predicted octanol–water partition coefficient (Wildman–Crippen LogP) is 4.68. The van der Waals surface area contributed by atoms with Crippen LogP contribution in [0.5, 0.6) is 0 Å². The Kier molecular flexibility index (Phi) is 5.43. The van der Waals surface area contributed by atoms with Crippen LogP contribution in [0.4, 0.5) is 0 Å². The fourth-order valence-corrected chi connectivity index (χ4v) is 12.5. The molecule has 0 radical (unpaired) electrons. The minimum atomic E-state index is -2.52. The van der Waals surface area contributed by atoms with Gasteiger partial charge in [0.2, 0.25) is 0 Å². The van der Waals surface area contributed by atoms with Gasteiger partial charge in [-0.25, -0.2) is 0 Å². The molecule has 2 nitrogen and oxygen atoms in total. The van der Waals surface area contributed by atoms with Crippen molar-refractivity contribution in [3.8, 4) is 0 Å². The summed E-state index contributed by atoms with van der Waals surface area (Å²) in [7, 11) is 0. The van der Waals surface area contributed by atoms with Crippen LogP contribution in [0.2, 0.25) is 4.45 Å². The van der Waals surface area contributed by atoms with Gasteiger partial charge in [-0.1, -0.05) is 0 Å². The Morgan fingerprint density at radius 2 is 1.33 bits per heavy atom. The molecular formula is C18H26NOY. The number of rotatable bonds is 6. The van der Waals surface area contributed by atoms with E-state index in [-0.39, 0.29) is 16.3 Å².